The highest BCUT2D eigenvalue weighted by atomic mass is 32.1. The molecule has 0 unspecified atom stereocenters. The number of rotatable bonds is 5. The zero-order valence-electron chi connectivity index (χ0n) is 7.77. The van der Waals surface area contributed by atoms with Crippen LogP contribution < -0.4 is 5.32 Å². The number of aliphatic hydroxyl groups excluding tert-OH is 1. The van der Waals surface area contributed by atoms with Crippen molar-refractivity contribution in [3.05, 3.63) is 27.1 Å². The zero-order chi connectivity index (χ0) is 10.6. The molecule has 0 amide bonds. The van der Waals surface area contributed by atoms with Gasteiger partial charge >= 0.3 is 5.00 Å². The lowest BCUT2D eigenvalue weighted by Crippen LogP contribution is -2.23. The maximum atomic E-state index is 10.4. The minimum absolute atomic E-state index is 0.152. The van der Waals surface area contributed by atoms with Crippen LogP contribution in [0.15, 0.2) is 11.4 Å². The van der Waals surface area contributed by atoms with Crippen molar-refractivity contribution >= 4 is 16.3 Å². The summed E-state index contributed by atoms with van der Waals surface area (Å²) in [5, 5.41) is 24.2. The van der Waals surface area contributed by atoms with Gasteiger partial charge in [-0.3, -0.25) is 10.1 Å². The largest absolute Gasteiger partial charge is 0.392 e. The average Bonchev–Trinajstić information content (AvgIpc) is 2.52. The summed E-state index contributed by atoms with van der Waals surface area (Å²) in [6.07, 6.45) is -0.399. The van der Waals surface area contributed by atoms with Crippen molar-refractivity contribution in [3.8, 4) is 0 Å². The zero-order valence-corrected chi connectivity index (χ0v) is 8.58. The van der Waals surface area contributed by atoms with E-state index in [0.29, 0.717) is 13.1 Å². The predicted octanol–water partition coefficient (Wildman–Crippen LogP) is 1.13. The van der Waals surface area contributed by atoms with E-state index in [1.54, 1.807) is 18.4 Å². The fourth-order valence-electron chi connectivity index (χ4n) is 0.977. The van der Waals surface area contributed by atoms with Crippen molar-refractivity contribution in [3.63, 3.8) is 0 Å². The molecule has 0 radical (unpaired) electrons. The van der Waals surface area contributed by atoms with Crippen LogP contribution in [0.3, 0.4) is 0 Å². The smallest absolute Gasteiger partial charge is 0.324 e. The molecule has 0 saturated carbocycles. The van der Waals surface area contributed by atoms with Gasteiger partial charge in [0.15, 0.2) is 0 Å². The lowest BCUT2D eigenvalue weighted by atomic mass is 10.3. The van der Waals surface area contributed by atoms with Gasteiger partial charge in [-0.25, -0.2) is 0 Å². The molecule has 1 rings (SSSR count). The van der Waals surface area contributed by atoms with Crippen LogP contribution >= 0.6 is 11.3 Å². The second-order valence-electron chi connectivity index (χ2n) is 3.03. The second kappa shape index (κ2) is 5.04. The van der Waals surface area contributed by atoms with Crippen LogP contribution in [0.5, 0.6) is 0 Å². The van der Waals surface area contributed by atoms with E-state index in [-0.39, 0.29) is 5.00 Å². The Morgan fingerprint density at radius 3 is 3.00 bits per heavy atom. The highest BCUT2D eigenvalue weighted by molar-refractivity contribution is 7.13. The summed E-state index contributed by atoms with van der Waals surface area (Å²) in [7, 11) is 0. The Labute approximate surface area is 85.5 Å². The Bertz CT molecular complexity index is 311. The molecule has 0 fully saturated rings. The van der Waals surface area contributed by atoms with Crippen molar-refractivity contribution in [2.75, 3.05) is 6.54 Å². The van der Waals surface area contributed by atoms with E-state index in [1.807, 2.05) is 0 Å². The first-order valence-corrected chi connectivity index (χ1v) is 5.08. The minimum Gasteiger partial charge on any atom is -0.392 e. The average molecular weight is 216 g/mol. The van der Waals surface area contributed by atoms with Gasteiger partial charge in [0.2, 0.25) is 0 Å². The minimum atomic E-state index is -0.400. The van der Waals surface area contributed by atoms with Crippen molar-refractivity contribution in [1.29, 1.82) is 0 Å². The second-order valence-corrected chi connectivity index (χ2v) is 3.92. The first kappa shape index (κ1) is 11.1. The van der Waals surface area contributed by atoms with Crippen LogP contribution in [0.2, 0.25) is 0 Å². The van der Waals surface area contributed by atoms with Crippen LogP contribution in [0, 0.1) is 10.1 Å². The third-order valence-corrected chi connectivity index (χ3v) is 2.52. The molecule has 5 nitrogen and oxygen atoms in total. The number of nitrogens with one attached hydrogen (secondary N) is 1. The highest BCUT2D eigenvalue weighted by Crippen LogP contribution is 2.22. The Morgan fingerprint density at radius 2 is 2.50 bits per heavy atom. The molecule has 0 aliphatic heterocycles. The number of nitrogens with zero attached hydrogens (tertiary/aromatic N) is 1. The van der Waals surface area contributed by atoms with Crippen LogP contribution in [0.25, 0.3) is 0 Å². The van der Waals surface area contributed by atoms with Gasteiger partial charge in [0, 0.05) is 24.5 Å². The molecule has 6 heteroatoms. The monoisotopic (exact) mass is 216 g/mol. The molecular weight excluding hydrogens is 204 g/mol. The Morgan fingerprint density at radius 1 is 1.79 bits per heavy atom. The lowest BCUT2D eigenvalue weighted by molar-refractivity contribution is -0.380. The van der Waals surface area contributed by atoms with Crippen molar-refractivity contribution < 1.29 is 10.0 Å². The Hall–Kier alpha value is -0.980. The summed E-state index contributed by atoms with van der Waals surface area (Å²) in [5.41, 5.74) is 0.877. The first-order chi connectivity index (χ1) is 6.59. The number of thiophene rings is 1. The number of hydrogen-bond donors (Lipinski definition) is 2. The molecule has 14 heavy (non-hydrogen) atoms. The summed E-state index contributed by atoms with van der Waals surface area (Å²) < 4.78 is 0. The lowest BCUT2D eigenvalue weighted by Gasteiger charge is -2.04. The molecular formula is C8H12N2O3S. The van der Waals surface area contributed by atoms with Gasteiger partial charge in [0.1, 0.15) is 0 Å². The fraction of sp³-hybridized carbons (Fsp3) is 0.500. The predicted molar refractivity (Wildman–Crippen MR) is 54.4 cm³/mol. The number of aliphatic hydroxyl groups is 1. The SMILES string of the molecule is C[C@@H](O)CNCc1csc([N+](=O)[O-])c1. The van der Waals surface area contributed by atoms with E-state index in [0.717, 1.165) is 16.9 Å². The summed E-state index contributed by atoms with van der Waals surface area (Å²) >= 11 is 1.11. The van der Waals surface area contributed by atoms with Gasteiger partial charge in [-0.05, 0) is 12.5 Å². The Kier molecular flexibility index (Phi) is 3.99. The normalized spacial score (nSPS) is 12.7. The fourth-order valence-corrected chi connectivity index (χ4v) is 1.71. The summed E-state index contributed by atoms with van der Waals surface area (Å²) in [6, 6.07) is 1.54. The molecule has 0 aliphatic rings. The molecule has 1 heterocycles. The van der Waals surface area contributed by atoms with Gasteiger partial charge in [0.05, 0.1) is 11.0 Å². The number of nitro groups is 1. The van der Waals surface area contributed by atoms with Gasteiger partial charge < -0.3 is 10.4 Å². The van der Waals surface area contributed by atoms with Crippen LogP contribution in [0.4, 0.5) is 5.00 Å². The van der Waals surface area contributed by atoms with Crippen molar-refractivity contribution in [2.45, 2.75) is 19.6 Å². The third-order valence-electron chi connectivity index (χ3n) is 1.59. The summed E-state index contributed by atoms with van der Waals surface area (Å²) in [4.78, 5) is 9.95. The maximum absolute atomic E-state index is 10.4. The number of hydrogen-bond acceptors (Lipinski definition) is 5. The van der Waals surface area contributed by atoms with Crippen LogP contribution in [-0.2, 0) is 6.54 Å². The summed E-state index contributed by atoms with van der Waals surface area (Å²) in [5.74, 6) is 0. The van der Waals surface area contributed by atoms with Crippen LogP contribution in [-0.4, -0.2) is 22.7 Å². The molecule has 1 aromatic rings. The quantitative estimate of drug-likeness (QED) is 0.571. The van der Waals surface area contributed by atoms with Crippen molar-refractivity contribution in [1.82, 2.24) is 5.32 Å². The molecule has 2 N–H and O–H groups in total. The van der Waals surface area contributed by atoms with E-state index < -0.39 is 11.0 Å². The van der Waals surface area contributed by atoms with E-state index in [1.165, 1.54) is 0 Å². The van der Waals surface area contributed by atoms with Gasteiger partial charge in [0.25, 0.3) is 0 Å². The molecule has 0 saturated heterocycles. The third kappa shape index (κ3) is 3.41. The van der Waals surface area contributed by atoms with E-state index in [9.17, 15) is 10.1 Å². The van der Waals surface area contributed by atoms with E-state index in [2.05, 4.69) is 5.32 Å². The van der Waals surface area contributed by atoms with Gasteiger partial charge in [-0.2, -0.15) is 0 Å². The Balaban J connectivity index is 2.40. The summed E-state index contributed by atoms with van der Waals surface area (Å²) in [6.45, 7) is 2.72. The first-order valence-electron chi connectivity index (χ1n) is 4.20. The highest BCUT2D eigenvalue weighted by Gasteiger charge is 2.08. The molecule has 78 valence electrons. The van der Waals surface area contributed by atoms with Gasteiger partial charge in [-0.1, -0.05) is 11.3 Å². The standard InChI is InChI=1S/C8H12N2O3S/c1-6(11)3-9-4-7-2-8(10(12)13)14-5-7/h2,5-6,9,11H,3-4H2,1H3/t6-/m1/s1. The molecule has 1 aromatic heterocycles. The van der Waals surface area contributed by atoms with E-state index in [4.69, 9.17) is 5.11 Å². The molecule has 1 atom stereocenters. The van der Waals surface area contributed by atoms with Crippen molar-refractivity contribution in [2.24, 2.45) is 0 Å². The molecule has 0 spiro atoms. The molecule has 0 aliphatic carbocycles. The molecule has 0 aromatic carbocycles. The van der Waals surface area contributed by atoms with Gasteiger partial charge in [-0.15, -0.1) is 0 Å². The topological polar surface area (TPSA) is 75.4 Å². The molecule has 0 bridgehead atoms. The van der Waals surface area contributed by atoms with E-state index >= 15 is 0 Å². The maximum Gasteiger partial charge on any atom is 0.324 e. The van der Waals surface area contributed by atoms with Crippen LogP contribution in [0.1, 0.15) is 12.5 Å².